The molecule has 1 aliphatic rings. The summed E-state index contributed by atoms with van der Waals surface area (Å²) in [5, 5.41) is 2.91. The summed E-state index contributed by atoms with van der Waals surface area (Å²) in [7, 11) is -3.75. The Morgan fingerprint density at radius 3 is 2.72 bits per heavy atom. The molecular weight excluding hydrogens is 428 g/mol. The fraction of sp³-hybridized carbons (Fsp3) is 0.474. The molecule has 0 aliphatic carbocycles. The maximum Gasteiger partial charge on any atom is 0.241 e. The molecule has 0 spiro atoms. The van der Waals surface area contributed by atoms with Crippen LogP contribution in [0, 0.1) is 0 Å². The molecule has 1 fully saturated rings. The topological polar surface area (TPSA) is 82.6 Å². The van der Waals surface area contributed by atoms with Gasteiger partial charge in [-0.05, 0) is 37.0 Å². The molecule has 1 unspecified atom stereocenters. The second-order valence-corrected chi connectivity index (χ2v) is 10.3. The highest BCUT2D eigenvalue weighted by Crippen LogP contribution is 2.20. The molecule has 1 atom stereocenters. The summed E-state index contributed by atoms with van der Waals surface area (Å²) in [6, 6.07) is 7.43. The minimum atomic E-state index is -3.75. The van der Waals surface area contributed by atoms with Crippen molar-refractivity contribution in [1.82, 2.24) is 14.6 Å². The molecule has 1 aliphatic heterocycles. The molecule has 10 heteroatoms. The number of benzene rings is 1. The molecule has 1 saturated heterocycles. The Hall–Kier alpha value is -1.62. The summed E-state index contributed by atoms with van der Waals surface area (Å²) in [4.78, 5) is 21.7. The number of sulfonamides is 1. The van der Waals surface area contributed by atoms with Crippen molar-refractivity contribution in [3.63, 3.8) is 0 Å². The highest BCUT2D eigenvalue weighted by atomic mass is 32.2. The van der Waals surface area contributed by atoms with Gasteiger partial charge in [0.05, 0.1) is 4.90 Å². The number of hydrogen-bond donors (Lipinski definition) is 1. The van der Waals surface area contributed by atoms with Crippen LogP contribution in [0.25, 0.3) is 0 Å². The van der Waals surface area contributed by atoms with E-state index in [0.717, 1.165) is 18.1 Å². The molecule has 7 nitrogen and oxygen atoms in total. The van der Waals surface area contributed by atoms with Gasteiger partial charge in [0.1, 0.15) is 6.04 Å². The number of aromatic nitrogens is 1. The monoisotopic (exact) mass is 454 g/mol. The number of nitrogens with one attached hydrogen (secondary N) is 1. The third-order valence-electron chi connectivity index (χ3n) is 4.76. The van der Waals surface area contributed by atoms with Crippen molar-refractivity contribution in [2.75, 3.05) is 43.1 Å². The second-order valence-electron chi connectivity index (χ2n) is 6.75. The highest BCUT2D eigenvalue weighted by Gasteiger charge is 2.30. The van der Waals surface area contributed by atoms with Crippen molar-refractivity contribution in [3.8, 4) is 0 Å². The average molecular weight is 455 g/mol. The Morgan fingerprint density at radius 2 is 2.03 bits per heavy atom. The first kappa shape index (κ1) is 22.1. The molecule has 0 saturated carbocycles. The van der Waals surface area contributed by atoms with Crippen molar-refractivity contribution < 1.29 is 13.2 Å². The van der Waals surface area contributed by atoms with E-state index in [2.05, 4.69) is 14.6 Å². The van der Waals surface area contributed by atoms with E-state index in [1.807, 2.05) is 11.6 Å². The minimum absolute atomic E-state index is 0.153. The van der Waals surface area contributed by atoms with Crippen molar-refractivity contribution in [2.45, 2.75) is 23.8 Å². The number of thioether (sulfide) groups is 1. The third kappa shape index (κ3) is 5.94. The summed E-state index contributed by atoms with van der Waals surface area (Å²) < 4.78 is 28.2. The summed E-state index contributed by atoms with van der Waals surface area (Å²) >= 11 is 3.19. The van der Waals surface area contributed by atoms with Crippen LogP contribution in [0.15, 0.2) is 46.8 Å². The van der Waals surface area contributed by atoms with Crippen LogP contribution in [0.2, 0.25) is 0 Å². The predicted molar refractivity (Wildman–Crippen MR) is 119 cm³/mol. The number of anilines is 1. The van der Waals surface area contributed by atoms with Crippen LogP contribution in [0.1, 0.15) is 12.8 Å². The molecule has 1 amide bonds. The first-order chi connectivity index (χ1) is 14.0. The molecule has 0 radical (unpaired) electrons. The number of rotatable bonds is 8. The smallest absolute Gasteiger partial charge is 0.241 e. The van der Waals surface area contributed by atoms with Crippen molar-refractivity contribution >= 4 is 44.2 Å². The fourth-order valence-corrected chi connectivity index (χ4v) is 5.66. The first-order valence-corrected chi connectivity index (χ1v) is 13.3. The van der Waals surface area contributed by atoms with Crippen LogP contribution >= 0.6 is 23.1 Å². The maximum absolute atomic E-state index is 13.2. The van der Waals surface area contributed by atoms with E-state index in [4.69, 9.17) is 0 Å². The number of carbonyl (C=O) groups excluding carboxylic acids is 1. The number of hydrogen-bond acceptors (Lipinski definition) is 7. The Labute approximate surface area is 180 Å². The molecule has 1 aromatic carbocycles. The lowest BCUT2D eigenvalue weighted by Crippen LogP contribution is -2.49. The van der Waals surface area contributed by atoms with Crippen LogP contribution in [-0.2, 0) is 14.8 Å². The van der Waals surface area contributed by atoms with Crippen molar-refractivity contribution in [3.05, 3.63) is 41.9 Å². The Bertz CT molecular complexity index is 875. The van der Waals surface area contributed by atoms with E-state index in [9.17, 15) is 13.2 Å². The zero-order valence-corrected chi connectivity index (χ0v) is 18.8. The Kier molecular flexibility index (Phi) is 7.93. The Morgan fingerprint density at radius 1 is 1.24 bits per heavy atom. The van der Waals surface area contributed by atoms with Crippen LogP contribution < -0.4 is 9.62 Å². The molecule has 2 aromatic rings. The van der Waals surface area contributed by atoms with Gasteiger partial charge < -0.3 is 9.80 Å². The molecule has 158 valence electrons. The summed E-state index contributed by atoms with van der Waals surface area (Å²) in [5.74, 6) is 0.548. The second kappa shape index (κ2) is 10.4. The summed E-state index contributed by atoms with van der Waals surface area (Å²) in [5.41, 5.74) is 0. The first-order valence-electron chi connectivity index (χ1n) is 9.51. The van der Waals surface area contributed by atoms with E-state index in [1.54, 1.807) is 52.4 Å². The maximum atomic E-state index is 13.2. The SMILES string of the molecule is CSCCC(NS(=O)(=O)c1ccccc1)C(=O)N1CCCN(c2nccs2)CC1. The van der Waals surface area contributed by atoms with E-state index < -0.39 is 16.1 Å². The number of amides is 1. The van der Waals surface area contributed by atoms with Gasteiger partial charge in [0.15, 0.2) is 5.13 Å². The highest BCUT2D eigenvalue weighted by molar-refractivity contribution is 7.98. The van der Waals surface area contributed by atoms with Gasteiger partial charge in [-0.25, -0.2) is 13.4 Å². The van der Waals surface area contributed by atoms with E-state index in [1.165, 1.54) is 12.1 Å². The zero-order valence-electron chi connectivity index (χ0n) is 16.4. The van der Waals surface area contributed by atoms with Crippen LogP contribution in [0.3, 0.4) is 0 Å². The lowest BCUT2D eigenvalue weighted by Gasteiger charge is -2.27. The normalized spacial score (nSPS) is 16.4. The molecule has 1 N–H and O–H groups in total. The van der Waals surface area contributed by atoms with Crippen LogP contribution in [-0.4, -0.2) is 68.4 Å². The van der Waals surface area contributed by atoms with Gasteiger partial charge in [0.25, 0.3) is 0 Å². The predicted octanol–water partition coefficient (Wildman–Crippen LogP) is 2.28. The van der Waals surface area contributed by atoms with Gasteiger partial charge in [-0.2, -0.15) is 16.5 Å². The van der Waals surface area contributed by atoms with Gasteiger partial charge in [0.2, 0.25) is 15.9 Å². The standard InChI is InChI=1S/C19H26N4O3S3/c1-27-14-8-17(21-29(25,26)16-6-3-2-4-7-16)18(24)22-10-5-11-23(13-12-22)19-20-9-15-28-19/h2-4,6-7,9,15,17,21H,5,8,10-14H2,1H3. The molecule has 3 rings (SSSR count). The lowest BCUT2D eigenvalue weighted by molar-refractivity contribution is -0.132. The van der Waals surface area contributed by atoms with Crippen LogP contribution in [0.5, 0.6) is 0 Å². The fourth-order valence-electron chi connectivity index (χ4n) is 3.25. The van der Waals surface area contributed by atoms with E-state index in [-0.39, 0.29) is 10.8 Å². The number of nitrogens with zero attached hydrogens (tertiary/aromatic N) is 3. The quantitative estimate of drug-likeness (QED) is 0.659. The van der Waals surface area contributed by atoms with Crippen LogP contribution in [0.4, 0.5) is 5.13 Å². The number of carbonyl (C=O) groups is 1. The molecule has 29 heavy (non-hydrogen) atoms. The minimum Gasteiger partial charge on any atom is -0.346 e. The van der Waals surface area contributed by atoms with Gasteiger partial charge in [-0.3, -0.25) is 4.79 Å². The van der Waals surface area contributed by atoms with E-state index in [0.29, 0.717) is 31.8 Å². The molecule has 2 heterocycles. The van der Waals surface area contributed by atoms with Gasteiger partial charge >= 0.3 is 0 Å². The van der Waals surface area contributed by atoms with Gasteiger partial charge in [0, 0.05) is 37.8 Å². The summed E-state index contributed by atoms with van der Waals surface area (Å²) in [6.07, 6.45) is 5.01. The van der Waals surface area contributed by atoms with Crippen molar-refractivity contribution in [2.24, 2.45) is 0 Å². The third-order valence-corrected chi connectivity index (χ3v) is 7.72. The molecule has 0 bridgehead atoms. The van der Waals surface area contributed by atoms with E-state index >= 15 is 0 Å². The summed E-state index contributed by atoms with van der Waals surface area (Å²) in [6.45, 7) is 2.70. The van der Waals surface area contributed by atoms with Gasteiger partial charge in [-0.15, -0.1) is 11.3 Å². The van der Waals surface area contributed by atoms with Gasteiger partial charge in [-0.1, -0.05) is 18.2 Å². The molecule has 1 aromatic heterocycles. The lowest BCUT2D eigenvalue weighted by atomic mass is 10.2. The number of thiazole rings is 1. The Balaban J connectivity index is 1.70. The molecular formula is C19H26N4O3S3. The average Bonchev–Trinajstić information content (AvgIpc) is 3.16. The zero-order chi connectivity index (χ0) is 20.7. The largest absolute Gasteiger partial charge is 0.346 e. The van der Waals surface area contributed by atoms with Crippen molar-refractivity contribution in [1.29, 1.82) is 0 Å².